The molecule has 2 aromatic carbocycles. The smallest absolute Gasteiger partial charge is 0.227 e. The molecular weight excluding hydrogens is 582 g/mol. The Morgan fingerprint density at radius 1 is 1.04 bits per heavy atom. The molecule has 3 rings (SSSR count). The number of nitrogens with zero attached hydrogens (tertiary/aromatic N) is 1. The highest BCUT2D eigenvalue weighted by Crippen LogP contribution is 2.25. The number of hydrogen-bond donors (Lipinski definition) is 5. The summed E-state index contributed by atoms with van der Waals surface area (Å²) in [6.45, 7) is 18.3. The second-order valence-corrected chi connectivity index (χ2v) is 10.5. The molecule has 1 aliphatic heterocycles. The predicted octanol–water partition coefficient (Wildman–Crippen LogP) is 6.72. The van der Waals surface area contributed by atoms with Crippen LogP contribution in [0.2, 0.25) is 0 Å². The van der Waals surface area contributed by atoms with Crippen LogP contribution in [0.25, 0.3) is 11.1 Å². The zero-order valence-electron chi connectivity index (χ0n) is 29.0. The second kappa shape index (κ2) is 30.2. The summed E-state index contributed by atoms with van der Waals surface area (Å²) < 4.78 is 0. The number of nitrogens with two attached hydrogens (primary N) is 2. The zero-order valence-corrected chi connectivity index (χ0v) is 29.9. The SMILES string of the molecule is C/C=C(C)\C=C(/C)CNC=O.CCC.CS.Cc1ccc(-c2cccc(CC(=O)N3C[C@H](C)CC3C)c2)cc1.N=CN.NC=O. The zero-order chi connectivity index (χ0) is 35.2. The third-order valence-corrected chi connectivity index (χ3v) is 6.17. The lowest BCUT2D eigenvalue weighted by molar-refractivity contribution is -0.131. The maximum absolute atomic E-state index is 12.6. The molecule has 0 bridgehead atoms. The minimum absolute atomic E-state index is 0.250. The quantitative estimate of drug-likeness (QED) is 0.0752. The fraction of sp³-hybridized carbons (Fsp3) is 0.444. The van der Waals surface area contributed by atoms with Crippen molar-refractivity contribution in [3.05, 3.63) is 83.0 Å². The molecule has 252 valence electrons. The summed E-state index contributed by atoms with van der Waals surface area (Å²) in [7, 11) is 0. The lowest BCUT2D eigenvalue weighted by atomic mass is 10.0. The fourth-order valence-electron chi connectivity index (χ4n) is 4.26. The van der Waals surface area contributed by atoms with Crippen molar-refractivity contribution in [2.24, 2.45) is 17.4 Å². The minimum atomic E-state index is 0.250. The molecule has 1 unspecified atom stereocenters. The number of nitrogens with one attached hydrogen (secondary N) is 2. The van der Waals surface area contributed by atoms with Crippen molar-refractivity contribution in [1.29, 1.82) is 5.41 Å². The Bertz CT molecular complexity index is 1130. The van der Waals surface area contributed by atoms with Gasteiger partial charge in [0.25, 0.3) is 0 Å². The van der Waals surface area contributed by atoms with Crippen molar-refractivity contribution in [2.45, 2.75) is 80.7 Å². The predicted molar refractivity (Wildman–Crippen MR) is 197 cm³/mol. The van der Waals surface area contributed by atoms with Gasteiger partial charge >= 0.3 is 0 Å². The number of allylic oxidation sites excluding steroid dienone is 3. The number of benzene rings is 2. The van der Waals surface area contributed by atoms with Gasteiger partial charge in [0, 0.05) is 19.1 Å². The van der Waals surface area contributed by atoms with Gasteiger partial charge in [-0.05, 0) is 69.9 Å². The number of carbonyl (C=O) groups is 3. The number of rotatable bonds is 7. The lowest BCUT2D eigenvalue weighted by Gasteiger charge is -2.21. The van der Waals surface area contributed by atoms with Crippen molar-refractivity contribution in [3.63, 3.8) is 0 Å². The van der Waals surface area contributed by atoms with Crippen LogP contribution in [0.1, 0.15) is 72.4 Å². The normalized spacial score (nSPS) is 14.8. The van der Waals surface area contributed by atoms with Crippen LogP contribution in [0.4, 0.5) is 0 Å². The van der Waals surface area contributed by atoms with Crippen molar-refractivity contribution >= 4 is 37.7 Å². The molecule has 1 fully saturated rings. The molecule has 2 aromatic rings. The number of carbonyl (C=O) groups excluding carboxylic acids is 3. The number of aryl methyl sites for hydroxylation is 1. The molecule has 1 saturated heterocycles. The van der Waals surface area contributed by atoms with Crippen LogP contribution in [0.15, 0.2) is 71.8 Å². The van der Waals surface area contributed by atoms with E-state index in [-0.39, 0.29) is 12.3 Å². The molecule has 0 spiro atoms. The summed E-state index contributed by atoms with van der Waals surface area (Å²) in [4.78, 5) is 33.1. The first kappa shape index (κ1) is 45.6. The average molecular weight is 642 g/mol. The van der Waals surface area contributed by atoms with Gasteiger partial charge in [-0.1, -0.05) is 105 Å². The number of thiol groups is 1. The lowest BCUT2D eigenvalue weighted by Crippen LogP contribution is -2.35. The van der Waals surface area contributed by atoms with E-state index in [1.54, 1.807) is 6.26 Å². The minimum Gasteiger partial charge on any atom is -0.390 e. The summed E-state index contributed by atoms with van der Waals surface area (Å²) in [5.41, 5.74) is 15.7. The summed E-state index contributed by atoms with van der Waals surface area (Å²) in [5, 5.41) is 8.46. The van der Waals surface area contributed by atoms with E-state index in [1.807, 2.05) is 37.8 Å². The second-order valence-electron chi connectivity index (χ2n) is 10.5. The maximum atomic E-state index is 12.6. The van der Waals surface area contributed by atoms with Gasteiger partial charge < -0.3 is 21.7 Å². The molecule has 45 heavy (non-hydrogen) atoms. The summed E-state index contributed by atoms with van der Waals surface area (Å²) in [6, 6.07) is 17.3. The van der Waals surface area contributed by atoms with Crippen LogP contribution in [0.5, 0.6) is 0 Å². The molecule has 1 aliphatic rings. The van der Waals surface area contributed by atoms with Crippen molar-refractivity contribution in [2.75, 3.05) is 19.3 Å². The first-order valence-electron chi connectivity index (χ1n) is 15.2. The highest BCUT2D eigenvalue weighted by atomic mass is 32.1. The van der Waals surface area contributed by atoms with Gasteiger partial charge in [-0.3, -0.25) is 19.8 Å². The van der Waals surface area contributed by atoms with E-state index in [1.165, 1.54) is 28.7 Å². The Balaban J connectivity index is -0.000000671. The van der Waals surface area contributed by atoms with Gasteiger partial charge in [0.15, 0.2) is 0 Å². The standard InChI is InChI=1S/C21H25NO.C9H15NO.C3H8.CH4N2.CH3NO.CH4S/c1-15-7-9-19(10-8-15)20-6-4-5-18(12-20)13-21(23)22-14-16(2)11-17(22)3;1-4-8(2)5-9(3)6-10-7-11;1-3-2;2*2-1-3;1-2/h4-10,12,16-17H,11,13-14H2,1-3H3;4-5,7H,6H2,1-3H3,(H,10,11);3H2,1-2H3;1H,(H3,2,3);1H,(H2,2,3);2H,1H3/b;8-4-,9-5+;;;;/t16-,17?;;;;;/m1...../s1. The van der Waals surface area contributed by atoms with E-state index >= 15 is 0 Å². The molecule has 3 amide bonds. The van der Waals surface area contributed by atoms with Gasteiger partial charge in [-0.2, -0.15) is 12.6 Å². The van der Waals surface area contributed by atoms with Crippen molar-refractivity contribution in [3.8, 4) is 11.1 Å². The Labute approximate surface area is 278 Å². The van der Waals surface area contributed by atoms with E-state index in [0.29, 0.717) is 31.3 Å². The van der Waals surface area contributed by atoms with Gasteiger partial charge in [-0.15, -0.1) is 0 Å². The monoisotopic (exact) mass is 641 g/mol. The average Bonchev–Trinajstić information content (AvgIpc) is 3.36. The molecule has 0 aliphatic carbocycles. The highest BCUT2D eigenvalue weighted by molar-refractivity contribution is 7.79. The molecule has 0 saturated carbocycles. The maximum Gasteiger partial charge on any atom is 0.227 e. The molecule has 0 radical (unpaired) electrons. The third-order valence-electron chi connectivity index (χ3n) is 6.17. The van der Waals surface area contributed by atoms with E-state index in [2.05, 4.69) is 113 Å². The van der Waals surface area contributed by atoms with Crippen LogP contribution in [-0.4, -0.2) is 55.4 Å². The number of amides is 3. The summed E-state index contributed by atoms with van der Waals surface area (Å²) in [6.07, 6.45) is 10.4. The molecular formula is C36H59N5O3S. The molecule has 8 nitrogen and oxygen atoms in total. The Kier molecular flexibility index (Phi) is 30.6. The van der Waals surface area contributed by atoms with E-state index < -0.39 is 0 Å². The Hall–Kier alpha value is -3.85. The van der Waals surface area contributed by atoms with E-state index in [9.17, 15) is 9.59 Å². The van der Waals surface area contributed by atoms with Crippen molar-refractivity contribution in [1.82, 2.24) is 10.2 Å². The first-order valence-corrected chi connectivity index (χ1v) is 16.1. The van der Waals surface area contributed by atoms with Crippen molar-refractivity contribution < 1.29 is 14.4 Å². The van der Waals surface area contributed by atoms with E-state index in [0.717, 1.165) is 30.4 Å². The number of likely N-dealkylation sites (tertiary alicyclic amines) is 1. The Morgan fingerprint density at radius 2 is 1.58 bits per heavy atom. The van der Waals surface area contributed by atoms with Crippen LogP contribution >= 0.6 is 12.6 Å². The third kappa shape index (κ3) is 23.2. The van der Waals surface area contributed by atoms with Crippen LogP contribution in [0, 0.1) is 18.3 Å². The van der Waals surface area contributed by atoms with Gasteiger partial charge in [0.05, 0.1) is 12.8 Å². The molecule has 1 heterocycles. The molecule has 6 N–H and O–H groups in total. The van der Waals surface area contributed by atoms with Gasteiger partial charge in [0.2, 0.25) is 18.7 Å². The van der Waals surface area contributed by atoms with Gasteiger partial charge in [0.1, 0.15) is 0 Å². The topological polar surface area (TPSA) is 142 Å². The van der Waals surface area contributed by atoms with Crippen LogP contribution in [-0.2, 0) is 20.8 Å². The van der Waals surface area contributed by atoms with E-state index in [4.69, 9.17) is 10.2 Å². The molecule has 9 heteroatoms. The number of primary amides is 1. The molecule has 0 aromatic heterocycles. The highest BCUT2D eigenvalue weighted by Gasteiger charge is 2.29. The largest absolute Gasteiger partial charge is 0.390 e. The summed E-state index contributed by atoms with van der Waals surface area (Å²) in [5.74, 6) is 0.871. The Morgan fingerprint density at radius 3 is 2.02 bits per heavy atom. The summed E-state index contributed by atoms with van der Waals surface area (Å²) >= 11 is 3.53. The number of hydrogen-bond acceptors (Lipinski definition) is 5. The van der Waals surface area contributed by atoms with Crippen LogP contribution < -0.4 is 16.8 Å². The fourth-order valence-corrected chi connectivity index (χ4v) is 4.26. The molecule has 2 atom stereocenters. The van der Waals surface area contributed by atoms with Crippen LogP contribution in [0.3, 0.4) is 0 Å². The first-order chi connectivity index (χ1) is 21.5. The van der Waals surface area contributed by atoms with Gasteiger partial charge in [-0.25, -0.2) is 0 Å².